The van der Waals surface area contributed by atoms with Crippen LogP contribution in [0.4, 0.5) is 28.4 Å². The average Bonchev–Trinajstić information content (AvgIpc) is 3.84. The summed E-state index contributed by atoms with van der Waals surface area (Å²) in [5, 5.41) is 8.34. The van der Waals surface area contributed by atoms with E-state index >= 15 is 0 Å². The third-order valence-electron chi connectivity index (χ3n) is 13.5. The molecule has 0 bridgehead atoms. The van der Waals surface area contributed by atoms with Crippen LogP contribution < -0.4 is 21.1 Å². The van der Waals surface area contributed by atoms with Gasteiger partial charge in [-0.2, -0.15) is 0 Å². The summed E-state index contributed by atoms with van der Waals surface area (Å²) in [6.07, 6.45) is 2.27. The molecule has 0 saturated carbocycles. The summed E-state index contributed by atoms with van der Waals surface area (Å²) in [5.41, 5.74) is 19.5. The van der Waals surface area contributed by atoms with Gasteiger partial charge in [0.2, 0.25) is 0 Å². The van der Waals surface area contributed by atoms with Crippen molar-refractivity contribution in [1.82, 2.24) is 0 Å². The predicted octanol–water partition coefficient (Wildman–Crippen LogP) is 14.5. The molecule has 293 valence electrons. The quantitative estimate of drug-likeness (QED) is 0.170. The van der Waals surface area contributed by atoms with Crippen LogP contribution in [0.15, 0.2) is 167 Å². The molecule has 1 radical (unpaired) electrons. The van der Waals surface area contributed by atoms with E-state index in [1.54, 1.807) is 0 Å². The molecule has 0 fully saturated rings. The lowest BCUT2D eigenvalue weighted by Crippen LogP contribution is -2.41. The molecule has 8 aromatic carbocycles. The lowest BCUT2D eigenvalue weighted by molar-refractivity contribution is 0.638. The Kier molecular flexibility index (Phi) is 7.96. The van der Waals surface area contributed by atoms with Crippen molar-refractivity contribution in [2.24, 2.45) is 0 Å². The van der Waals surface area contributed by atoms with Crippen LogP contribution in [0.3, 0.4) is 0 Å². The minimum atomic E-state index is -0.231. The normalized spacial score (nSPS) is 14.3. The standard InChI is InChI=1S/C56H44BN2O2/c1-5-16-33(2)35-27-28-46(39(29-35)34-17-7-6-8-18-34)59-47-30-40-36-19-9-13-25-49(36)60-51(40)32-44(47)57-53-48(59)31-41-37-20-10-14-26-50(37)61-55(41)52(53)38-21-15-23-43-54(38)58-45-24-12-11-22-42(45)56(43,3)4/h6-15,17-33,58H,5,16H2,1-4H3/t33-/m0/s1. The first-order chi connectivity index (χ1) is 29.9. The Morgan fingerprint density at radius 2 is 1.31 bits per heavy atom. The van der Waals surface area contributed by atoms with Crippen molar-refractivity contribution in [3.05, 3.63) is 174 Å². The van der Waals surface area contributed by atoms with Crippen LogP contribution in [0.25, 0.3) is 66.1 Å². The number of anilines is 5. The second kappa shape index (κ2) is 13.5. The smallest absolute Gasteiger partial charge is 0.198 e. The Morgan fingerprint density at radius 1 is 0.607 bits per heavy atom. The summed E-state index contributed by atoms with van der Waals surface area (Å²) < 4.78 is 13.6. The summed E-state index contributed by atoms with van der Waals surface area (Å²) in [5.74, 6) is 0.433. The highest BCUT2D eigenvalue weighted by molar-refractivity contribution is 6.74. The number of hydrogen-bond acceptors (Lipinski definition) is 4. The van der Waals surface area contributed by atoms with Crippen molar-refractivity contribution in [2.75, 3.05) is 10.2 Å². The molecule has 2 aliphatic rings. The zero-order valence-corrected chi connectivity index (χ0v) is 34.8. The molecule has 1 N–H and O–H groups in total. The highest BCUT2D eigenvalue weighted by Crippen LogP contribution is 2.52. The van der Waals surface area contributed by atoms with E-state index in [1.165, 1.54) is 27.8 Å². The van der Waals surface area contributed by atoms with E-state index in [1.807, 2.05) is 6.07 Å². The van der Waals surface area contributed by atoms with Gasteiger partial charge < -0.3 is 19.1 Å². The van der Waals surface area contributed by atoms with Gasteiger partial charge in [-0.05, 0) is 88.6 Å². The molecule has 10 aromatic rings. The maximum Gasteiger partial charge on any atom is 0.198 e. The number of furan rings is 2. The molecular weight excluding hydrogens is 743 g/mol. The maximum atomic E-state index is 7.03. The number of nitrogens with one attached hydrogen (secondary N) is 1. The van der Waals surface area contributed by atoms with Gasteiger partial charge in [-0.1, -0.05) is 149 Å². The van der Waals surface area contributed by atoms with Gasteiger partial charge in [0.25, 0.3) is 0 Å². The molecule has 2 aromatic heterocycles. The van der Waals surface area contributed by atoms with Crippen LogP contribution in [0.5, 0.6) is 0 Å². The van der Waals surface area contributed by atoms with Crippen molar-refractivity contribution in [1.29, 1.82) is 0 Å². The van der Waals surface area contributed by atoms with Crippen LogP contribution >= 0.6 is 0 Å². The first-order valence-corrected chi connectivity index (χ1v) is 21.7. The lowest BCUT2D eigenvalue weighted by atomic mass is 9.57. The largest absolute Gasteiger partial charge is 0.456 e. The van der Waals surface area contributed by atoms with E-state index in [2.05, 4.69) is 197 Å². The van der Waals surface area contributed by atoms with Gasteiger partial charge in [0.1, 0.15) is 22.3 Å². The minimum Gasteiger partial charge on any atom is -0.456 e. The van der Waals surface area contributed by atoms with Gasteiger partial charge in [0, 0.05) is 60.7 Å². The van der Waals surface area contributed by atoms with Gasteiger partial charge >= 0.3 is 0 Å². The van der Waals surface area contributed by atoms with Crippen LogP contribution in [-0.2, 0) is 5.41 Å². The second-order valence-corrected chi connectivity index (χ2v) is 17.5. The minimum absolute atomic E-state index is 0.231. The van der Waals surface area contributed by atoms with Gasteiger partial charge in [0.15, 0.2) is 7.28 Å². The summed E-state index contributed by atoms with van der Waals surface area (Å²) in [6, 6.07) is 57.4. The molecule has 1 atom stereocenters. The van der Waals surface area contributed by atoms with Gasteiger partial charge in [-0.3, -0.25) is 0 Å². The van der Waals surface area contributed by atoms with E-state index in [9.17, 15) is 0 Å². The van der Waals surface area contributed by atoms with E-state index in [0.717, 1.165) is 107 Å². The monoisotopic (exact) mass is 787 g/mol. The Labute approximate surface area is 356 Å². The van der Waals surface area contributed by atoms with Crippen LogP contribution in [0.1, 0.15) is 63.1 Å². The fourth-order valence-electron chi connectivity index (χ4n) is 10.4. The third kappa shape index (κ3) is 5.39. The summed E-state index contributed by atoms with van der Waals surface area (Å²) in [7, 11) is 2.37. The van der Waals surface area contributed by atoms with Crippen LogP contribution in [0.2, 0.25) is 0 Å². The second-order valence-electron chi connectivity index (χ2n) is 17.5. The number of nitrogens with zero attached hydrogens (tertiary/aromatic N) is 1. The molecule has 0 spiro atoms. The zero-order chi connectivity index (χ0) is 41.0. The number of hydrogen-bond donors (Lipinski definition) is 1. The summed E-state index contributed by atoms with van der Waals surface area (Å²) >= 11 is 0. The SMILES string of the molecule is CCC[C@H](C)c1ccc(N2c3cc4c(cc3[B]c3c2cc2c(oc5ccccc52)c3-c2cccc3c2Nc2ccccc2C3(C)C)oc2ccccc24)c(-c2ccccc2)c1. The van der Waals surface area contributed by atoms with E-state index in [0.29, 0.717) is 5.92 Å². The Hall–Kier alpha value is -6.98. The molecule has 5 heteroatoms. The first kappa shape index (κ1) is 35.9. The molecule has 0 amide bonds. The highest BCUT2D eigenvalue weighted by atomic mass is 16.3. The molecule has 61 heavy (non-hydrogen) atoms. The summed E-state index contributed by atoms with van der Waals surface area (Å²) in [4.78, 5) is 2.52. The molecule has 0 unspecified atom stereocenters. The van der Waals surface area contributed by atoms with E-state index in [-0.39, 0.29) is 5.41 Å². The number of para-hydroxylation sites is 4. The fraction of sp³-hybridized carbons (Fsp3) is 0.143. The number of fused-ring (bicyclic) bond motifs is 10. The predicted molar refractivity (Wildman–Crippen MR) is 257 cm³/mol. The van der Waals surface area contributed by atoms with Crippen molar-refractivity contribution in [2.45, 2.75) is 51.9 Å². The third-order valence-corrected chi connectivity index (χ3v) is 13.5. The molecule has 4 nitrogen and oxygen atoms in total. The molecular formula is C56H44BN2O2. The van der Waals surface area contributed by atoms with Crippen molar-refractivity contribution >= 4 is 90.5 Å². The fourth-order valence-corrected chi connectivity index (χ4v) is 10.4. The van der Waals surface area contributed by atoms with Crippen molar-refractivity contribution < 1.29 is 8.83 Å². The molecule has 0 saturated heterocycles. The van der Waals surface area contributed by atoms with Crippen molar-refractivity contribution in [3.63, 3.8) is 0 Å². The number of benzene rings is 8. The van der Waals surface area contributed by atoms with Gasteiger partial charge in [-0.15, -0.1) is 0 Å². The lowest BCUT2D eigenvalue weighted by Gasteiger charge is -2.38. The van der Waals surface area contributed by atoms with E-state index in [4.69, 9.17) is 8.83 Å². The molecule has 0 aliphatic carbocycles. The summed E-state index contributed by atoms with van der Waals surface area (Å²) in [6.45, 7) is 9.31. The topological polar surface area (TPSA) is 41.6 Å². The van der Waals surface area contributed by atoms with Gasteiger partial charge in [0.05, 0.1) is 11.4 Å². The molecule has 12 rings (SSSR count). The first-order valence-electron chi connectivity index (χ1n) is 21.7. The number of rotatable bonds is 6. The maximum absolute atomic E-state index is 7.03. The highest BCUT2D eigenvalue weighted by Gasteiger charge is 2.37. The van der Waals surface area contributed by atoms with E-state index < -0.39 is 0 Å². The van der Waals surface area contributed by atoms with Crippen molar-refractivity contribution in [3.8, 4) is 22.3 Å². The molecule has 2 aliphatic heterocycles. The van der Waals surface area contributed by atoms with Crippen LogP contribution in [0, 0.1) is 0 Å². The van der Waals surface area contributed by atoms with Crippen LogP contribution in [-0.4, -0.2) is 7.28 Å². The zero-order valence-electron chi connectivity index (χ0n) is 34.8. The Bertz CT molecular complexity index is 3390. The average molecular weight is 788 g/mol. The Balaban J connectivity index is 1.21. The van der Waals surface area contributed by atoms with Gasteiger partial charge in [-0.25, -0.2) is 0 Å². The Morgan fingerprint density at radius 3 is 2.13 bits per heavy atom. The molecule has 4 heterocycles.